The van der Waals surface area contributed by atoms with Gasteiger partial charge in [-0.3, -0.25) is 4.79 Å². The standard InChI is InChI=1S/C21H25NO3/c1-14(2)18-10-19(20(9-15(18)3)25-13-24-4)21(23)22-11-16-7-5-6-8-17(16)12-22/h5-10,14H,11-13H2,1-4H3. The Bertz CT molecular complexity index is 758. The molecule has 0 fully saturated rings. The second-order valence-corrected chi connectivity index (χ2v) is 6.84. The first kappa shape index (κ1) is 17.5. The molecule has 132 valence electrons. The Morgan fingerprint density at radius 2 is 1.80 bits per heavy atom. The van der Waals surface area contributed by atoms with E-state index in [0.717, 1.165) is 5.56 Å². The van der Waals surface area contributed by atoms with Crippen molar-refractivity contribution in [3.05, 3.63) is 64.2 Å². The molecule has 4 nitrogen and oxygen atoms in total. The number of benzene rings is 2. The first-order valence-corrected chi connectivity index (χ1v) is 8.63. The van der Waals surface area contributed by atoms with Crippen LogP contribution in [0.5, 0.6) is 5.75 Å². The summed E-state index contributed by atoms with van der Waals surface area (Å²) in [6.45, 7) is 7.74. The van der Waals surface area contributed by atoms with Gasteiger partial charge in [-0.25, -0.2) is 0 Å². The van der Waals surface area contributed by atoms with E-state index in [-0.39, 0.29) is 12.7 Å². The van der Waals surface area contributed by atoms with Crippen LogP contribution in [0, 0.1) is 6.92 Å². The Hall–Kier alpha value is -2.33. The van der Waals surface area contributed by atoms with Crippen molar-refractivity contribution in [1.29, 1.82) is 0 Å². The number of carbonyl (C=O) groups excluding carboxylic acids is 1. The third-order valence-corrected chi connectivity index (χ3v) is 4.68. The molecule has 1 amide bonds. The van der Waals surface area contributed by atoms with Gasteiger partial charge >= 0.3 is 0 Å². The second kappa shape index (κ2) is 7.28. The van der Waals surface area contributed by atoms with Gasteiger partial charge in [-0.15, -0.1) is 0 Å². The molecule has 0 saturated heterocycles. The van der Waals surface area contributed by atoms with Gasteiger partial charge in [0.1, 0.15) is 5.75 Å². The number of ether oxygens (including phenoxy) is 2. The van der Waals surface area contributed by atoms with Crippen LogP contribution in [0.2, 0.25) is 0 Å². The highest BCUT2D eigenvalue weighted by Gasteiger charge is 2.27. The van der Waals surface area contributed by atoms with Crippen LogP contribution >= 0.6 is 0 Å². The topological polar surface area (TPSA) is 38.8 Å². The fourth-order valence-corrected chi connectivity index (χ4v) is 3.38. The van der Waals surface area contributed by atoms with E-state index < -0.39 is 0 Å². The molecule has 0 unspecified atom stereocenters. The number of fused-ring (bicyclic) bond motifs is 1. The van der Waals surface area contributed by atoms with Crippen LogP contribution in [0.15, 0.2) is 36.4 Å². The summed E-state index contributed by atoms with van der Waals surface area (Å²) in [5.41, 5.74) is 5.34. The largest absolute Gasteiger partial charge is 0.467 e. The van der Waals surface area contributed by atoms with E-state index in [9.17, 15) is 4.79 Å². The van der Waals surface area contributed by atoms with Gasteiger partial charge in [0.25, 0.3) is 5.91 Å². The van der Waals surface area contributed by atoms with Gasteiger partial charge in [-0.2, -0.15) is 0 Å². The summed E-state index contributed by atoms with van der Waals surface area (Å²) >= 11 is 0. The van der Waals surface area contributed by atoms with E-state index in [0.29, 0.717) is 30.3 Å². The van der Waals surface area contributed by atoms with Crippen molar-refractivity contribution in [2.24, 2.45) is 0 Å². The molecule has 2 aromatic rings. The van der Waals surface area contributed by atoms with Crippen molar-refractivity contribution in [3.63, 3.8) is 0 Å². The molecule has 0 aliphatic carbocycles. The van der Waals surface area contributed by atoms with Crippen LogP contribution in [0.3, 0.4) is 0 Å². The van der Waals surface area contributed by atoms with Crippen molar-refractivity contribution in [3.8, 4) is 5.75 Å². The maximum Gasteiger partial charge on any atom is 0.258 e. The van der Waals surface area contributed by atoms with Crippen molar-refractivity contribution < 1.29 is 14.3 Å². The Balaban J connectivity index is 1.94. The third-order valence-electron chi connectivity index (χ3n) is 4.68. The molecule has 1 aliphatic rings. The number of rotatable bonds is 5. The maximum absolute atomic E-state index is 13.2. The normalized spacial score (nSPS) is 13.2. The predicted molar refractivity (Wildman–Crippen MR) is 97.8 cm³/mol. The van der Waals surface area contributed by atoms with Crippen molar-refractivity contribution in [1.82, 2.24) is 4.90 Å². The molecule has 3 rings (SSSR count). The van der Waals surface area contributed by atoms with Gasteiger partial charge in [0.05, 0.1) is 5.56 Å². The van der Waals surface area contributed by atoms with E-state index in [1.807, 2.05) is 29.2 Å². The van der Waals surface area contributed by atoms with E-state index in [4.69, 9.17) is 9.47 Å². The summed E-state index contributed by atoms with van der Waals surface area (Å²) < 4.78 is 10.7. The molecule has 0 bridgehead atoms. The van der Waals surface area contributed by atoms with E-state index in [1.54, 1.807) is 7.11 Å². The van der Waals surface area contributed by atoms with Crippen molar-refractivity contribution in [2.45, 2.75) is 39.8 Å². The summed E-state index contributed by atoms with van der Waals surface area (Å²) in [7, 11) is 1.58. The highest BCUT2D eigenvalue weighted by Crippen LogP contribution is 2.31. The zero-order chi connectivity index (χ0) is 18.0. The lowest BCUT2D eigenvalue weighted by Gasteiger charge is -2.21. The Labute approximate surface area is 149 Å². The van der Waals surface area contributed by atoms with E-state index in [2.05, 4.69) is 32.9 Å². The predicted octanol–water partition coefficient (Wildman–Crippen LogP) is 4.26. The molecular weight excluding hydrogens is 314 g/mol. The molecule has 1 aliphatic heterocycles. The maximum atomic E-state index is 13.2. The summed E-state index contributed by atoms with van der Waals surface area (Å²) in [5.74, 6) is 0.938. The lowest BCUT2D eigenvalue weighted by atomic mass is 9.94. The SMILES string of the molecule is COCOc1cc(C)c(C(C)C)cc1C(=O)N1Cc2ccccc2C1. The number of nitrogens with zero attached hydrogens (tertiary/aromatic N) is 1. The highest BCUT2D eigenvalue weighted by atomic mass is 16.7. The highest BCUT2D eigenvalue weighted by molar-refractivity contribution is 5.97. The average molecular weight is 339 g/mol. The lowest BCUT2D eigenvalue weighted by Crippen LogP contribution is -2.26. The Morgan fingerprint density at radius 3 is 2.36 bits per heavy atom. The minimum atomic E-state index is 0.00389. The zero-order valence-corrected chi connectivity index (χ0v) is 15.3. The van der Waals surface area contributed by atoms with Gasteiger partial charge in [0, 0.05) is 20.2 Å². The first-order chi connectivity index (χ1) is 12.0. The molecule has 0 atom stereocenters. The Kier molecular flexibility index (Phi) is 5.09. The zero-order valence-electron chi connectivity index (χ0n) is 15.3. The second-order valence-electron chi connectivity index (χ2n) is 6.84. The minimum absolute atomic E-state index is 0.00389. The summed E-state index contributed by atoms with van der Waals surface area (Å²) in [4.78, 5) is 15.1. The number of carbonyl (C=O) groups is 1. The van der Waals surface area contributed by atoms with E-state index in [1.165, 1.54) is 16.7 Å². The number of hydrogen-bond donors (Lipinski definition) is 0. The van der Waals surface area contributed by atoms with Crippen LogP contribution in [0.4, 0.5) is 0 Å². The molecule has 4 heteroatoms. The van der Waals surface area contributed by atoms with Crippen LogP contribution in [0.1, 0.15) is 52.4 Å². The van der Waals surface area contributed by atoms with Crippen LogP contribution in [-0.4, -0.2) is 24.7 Å². The van der Waals surface area contributed by atoms with Crippen molar-refractivity contribution >= 4 is 5.91 Å². The van der Waals surface area contributed by atoms with Gasteiger partial charge in [-0.05, 0) is 47.2 Å². The first-order valence-electron chi connectivity index (χ1n) is 8.63. The van der Waals surface area contributed by atoms with Gasteiger partial charge in [-0.1, -0.05) is 38.1 Å². The molecule has 0 saturated carbocycles. The molecule has 1 heterocycles. The summed E-state index contributed by atoms with van der Waals surface area (Å²) in [6, 6.07) is 12.1. The molecule has 25 heavy (non-hydrogen) atoms. The van der Waals surface area contributed by atoms with E-state index >= 15 is 0 Å². The van der Waals surface area contributed by atoms with Crippen LogP contribution in [-0.2, 0) is 17.8 Å². The fourth-order valence-electron chi connectivity index (χ4n) is 3.38. The molecule has 0 N–H and O–H groups in total. The van der Waals surface area contributed by atoms with Gasteiger partial charge in [0.15, 0.2) is 6.79 Å². The van der Waals surface area contributed by atoms with Gasteiger partial charge < -0.3 is 14.4 Å². The van der Waals surface area contributed by atoms with Gasteiger partial charge in [0.2, 0.25) is 0 Å². The molecule has 0 aromatic heterocycles. The molecule has 0 spiro atoms. The summed E-state index contributed by atoms with van der Waals surface area (Å²) in [6.07, 6.45) is 0. The Morgan fingerprint density at radius 1 is 1.16 bits per heavy atom. The third kappa shape index (κ3) is 3.54. The number of aryl methyl sites for hydroxylation is 1. The van der Waals surface area contributed by atoms with Crippen LogP contribution < -0.4 is 4.74 Å². The monoisotopic (exact) mass is 339 g/mol. The molecule has 0 radical (unpaired) electrons. The average Bonchev–Trinajstić information content (AvgIpc) is 3.03. The number of methoxy groups -OCH3 is 1. The molecular formula is C21H25NO3. The fraction of sp³-hybridized carbons (Fsp3) is 0.381. The minimum Gasteiger partial charge on any atom is -0.467 e. The number of amides is 1. The molecule has 2 aromatic carbocycles. The summed E-state index contributed by atoms with van der Waals surface area (Å²) in [5, 5.41) is 0. The van der Waals surface area contributed by atoms with Crippen molar-refractivity contribution in [2.75, 3.05) is 13.9 Å². The van der Waals surface area contributed by atoms with Crippen LogP contribution in [0.25, 0.3) is 0 Å². The lowest BCUT2D eigenvalue weighted by molar-refractivity contribution is 0.0489. The quantitative estimate of drug-likeness (QED) is 0.764. The number of hydrogen-bond acceptors (Lipinski definition) is 3. The smallest absolute Gasteiger partial charge is 0.258 e.